The van der Waals surface area contributed by atoms with Crippen LogP contribution in [-0.2, 0) is 14.3 Å². The molecule has 0 aliphatic carbocycles. The van der Waals surface area contributed by atoms with Gasteiger partial charge in [0.1, 0.15) is 11.9 Å². The average Bonchev–Trinajstić information content (AvgIpc) is 2.75. The molecule has 1 saturated heterocycles. The number of halogens is 1. The van der Waals surface area contributed by atoms with E-state index in [9.17, 15) is 4.79 Å². The summed E-state index contributed by atoms with van der Waals surface area (Å²) in [5.74, 6) is -0.229. The van der Waals surface area contributed by atoms with Crippen molar-refractivity contribution in [2.75, 3.05) is 13.2 Å². The van der Waals surface area contributed by atoms with Gasteiger partial charge in [0, 0.05) is 11.6 Å². The SMILES string of the molecule is CC(Oc1cccc(Cl)c1)C(=O)NCC1COC(C)(C)O1. The number of hydrogen-bond acceptors (Lipinski definition) is 4. The van der Waals surface area contributed by atoms with E-state index in [4.69, 9.17) is 25.8 Å². The number of ether oxygens (including phenoxy) is 3. The summed E-state index contributed by atoms with van der Waals surface area (Å²) in [6.07, 6.45) is -0.749. The van der Waals surface area contributed by atoms with Crippen LogP contribution in [0.2, 0.25) is 5.02 Å². The van der Waals surface area contributed by atoms with Gasteiger partial charge < -0.3 is 19.5 Å². The van der Waals surface area contributed by atoms with Gasteiger partial charge in [-0.15, -0.1) is 0 Å². The third-order valence-corrected chi connectivity index (χ3v) is 3.28. The zero-order chi connectivity index (χ0) is 15.5. The van der Waals surface area contributed by atoms with Gasteiger partial charge in [-0.25, -0.2) is 0 Å². The highest BCUT2D eigenvalue weighted by Crippen LogP contribution is 2.22. The maximum absolute atomic E-state index is 12.0. The van der Waals surface area contributed by atoms with Crippen molar-refractivity contribution in [3.05, 3.63) is 29.3 Å². The Bertz CT molecular complexity index is 506. The fourth-order valence-corrected chi connectivity index (χ4v) is 2.20. The normalized spacial score (nSPS) is 21.8. The molecule has 0 saturated carbocycles. The first-order valence-electron chi connectivity index (χ1n) is 6.87. The van der Waals surface area contributed by atoms with E-state index < -0.39 is 11.9 Å². The minimum absolute atomic E-state index is 0.137. The second-order valence-corrected chi connectivity index (χ2v) is 5.85. The van der Waals surface area contributed by atoms with Crippen LogP contribution in [0.3, 0.4) is 0 Å². The Labute approximate surface area is 129 Å². The van der Waals surface area contributed by atoms with Gasteiger partial charge in [0.2, 0.25) is 0 Å². The van der Waals surface area contributed by atoms with Crippen molar-refractivity contribution in [3.8, 4) is 5.75 Å². The molecule has 1 aromatic carbocycles. The summed E-state index contributed by atoms with van der Waals surface area (Å²) >= 11 is 5.87. The molecule has 6 heteroatoms. The van der Waals surface area contributed by atoms with Crippen LogP contribution in [0.25, 0.3) is 0 Å². The first-order chi connectivity index (χ1) is 9.85. The van der Waals surface area contributed by atoms with Crippen LogP contribution >= 0.6 is 11.6 Å². The Morgan fingerprint density at radius 2 is 2.33 bits per heavy atom. The molecule has 0 spiro atoms. The predicted molar refractivity (Wildman–Crippen MR) is 79.5 cm³/mol. The van der Waals surface area contributed by atoms with Gasteiger partial charge in [0.05, 0.1) is 6.61 Å². The molecule has 1 fully saturated rings. The number of hydrogen-bond donors (Lipinski definition) is 1. The van der Waals surface area contributed by atoms with E-state index in [-0.39, 0.29) is 12.0 Å². The lowest BCUT2D eigenvalue weighted by Crippen LogP contribution is -2.41. The summed E-state index contributed by atoms with van der Waals surface area (Å²) in [7, 11) is 0. The zero-order valence-electron chi connectivity index (χ0n) is 12.4. The molecule has 21 heavy (non-hydrogen) atoms. The second-order valence-electron chi connectivity index (χ2n) is 5.41. The average molecular weight is 314 g/mol. The van der Waals surface area contributed by atoms with E-state index in [1.165, 1.54) is 0 Å². The Morgan fingerprint density at radius 3 is 2.95 bits per heavy atom. The molecule has 1 aliphatic rings. The molecule has 0 aromatic heterocycles. The lowest BCUT2D eigenvalue weighted by Gasteiger charge is -2.18. The highest BCUT2D eigenvalue weighted by Gasteiger charge is 2.32. The fourth-order valence-electron chi connectivity index (χ4n) is 2.02. The van der Waals surface area contributed by atoms with Crippen LogP contribution in [0.5, 0.6) is 5.75 Å². The number of nitrogens with one attached hydrogen (secondary N) is 1. The van der Waals surface area contributed by atoms with Crippen molar-refractivity contribution in [2.45, 2.75) is 38.8 Å². The van der Waals surface area contributed by atoms with Crippen molar-refractivity contribution in [3.63, 3.8) is 0 Å². The van der Waals surface area contributed by atoms with Gasteiger partial charge in [-0.3, -0.25) is 4.79 Å². The van der Waals surface area contributed by atoms with Gasteiger partial charge in [0.25, 0.3) is 5.91 Å². The Kier molecular flexibility index (Phi) is 5.08. The van der Waals surface area contributed by atoms with E-state index in [0.717, 1.165) is 0 Å². The molecule has 0 radical (unpaired) electrons. The molecule has 1 aromatic rings. The van der Waals surface area contributed by atoms with Crippen LogP contribution in [-0.4, -0.2) is 37.1 Å². The van der Waals surface area contributed by atoms with Crippen LogP contribution in [0, 0.1) is 0 Å². The molecule has 116 valence electrons. The second kappa shape index (κ2) is 6.64. The Morgan fingerprint density at radius 1 is 1.57 bits per heavy atom. The Balaban J connectivity index is 1.78. The van der Waals surface area contributed by atoms with E-state index in [2.05, 4.69) is 5.32 Å². The molecule has 0 bridgehead atoms. The van der Waals surface area contributed by atoms with E-state index >= 15 is 0 Å². The monoisotopic (exact) mass is 313 g/mol. The highest BCUT2D eigenvalue weighted by atomic mass is 35.5. The lowest BCUT2D eigenvalue weighted by molar-refractivity contribution is -0.140. The third-order valence-electron chi connectivity index (χ3n) is 3.05. The van der Waals surface area contributed by atoms with Gasteiger partial charge in [-0.05, 0) is 39.0 Å². The maximum Gasteiger partial charge on any atom is 0.260 e. The zero-order valence-corrected chi connectivity index (χ0v) is 13.1. The van der Waals surface area contributed by atoms with Gasteiger partial charge >= 0.3 is 0 Å². The minimum atomic E-state index is -0.612. The van der Waals surface area contributed by atoms with Crippen LogP contribution in [0.15, 0.2) is 24.3 Å². The summed E-state index contributed by atoms with van der Waals surface area (Å²) in [6, 6.07) is 6.94. The molecule has 1 heterocycles. The van der Waals surface area contributed by atoms with Crippen LogP contribution in [0.1, 0.15) is 20.8 Å². The summed E-state index contributed by atoms with van der Waals surface area (Å²) in [5, 5.41) is 3.36. The highest BCUT2D eigenvalue weighted by molar-refractivity contribution is 6.30. The van der Waals surface area contributed by atoms with Crippen molar-refractivity contribution in [1.29, 1.82) is 0 Å². The summed E-state index contributed by atoms with van der Waals surface area (Å²) in [4.78, 5) is 12.0. The van der Waals surface area contributed by atoms with Gasteiger partial charge in [-0.2, -0.15) is 0 Å². The summed E-state index contributed by atoms with van der Waals surface area (Å²) in [5.41, 5.74) is 0. The van der Waals surface area contributed by atoms with Crippen LogP contribution in [0.4, 0.5) is 0 Å². The number of amides is 1. The van der Waals surface area contributed by atoms with E-state index in [1.807, 2.05) is 13.8 Å². The molecule has 2 unspecified atom stereocenters. The van der Waals surface area contributed by atoms with Crippen molar-refractivity contribution < 1.29 is 19.0 Å². The smallest absolute Gasteiger partial charge is 0.260 e. The lowest BCUT2D eigenvalue weighted by atomic mass is 10.3. The Hall–Kier alpha value is -1.30. The van der Waals surface area contributed by atoms with E-state index in [0.29, 0.717) is 23.9 Å². The molecular weight excluding hydrogens is 294 g/mol. The van der Waals surface area contributed by atoms with Gasteiger partial charge in [-0.1, -0.05) is 17.7 Å². The van der Waals surface area contributed by atoms with Crippen LogP contribution < -0.4 is 10.1 Å². The largest absolute Gasteiger partial charge is 0.481 e. The number of benzene rings is 1. The molecule has 2 rings (SSSR count). The molecule has 1 amide bonds. The number of rotatable bonds is 5. The molecule has 1 aliphatic heterocycles. The quantitative estimate of drug-likeness (QED) is 0.907. The minimum Gasteiger partial charge on any atom is -0.481 e. The maximum atomic E-state index is 12.0. The predicted octanol–water partition coefficient (Wildman–Crippen LogP) is 2.38. The van der Waals surface area contributed by atoms with Crippen molar-refractivity contribution in [2.24, 2.45) is 0 Å². The first-order valence-corrected chi connectivity index (χ1v) is 7.25. The topological polar surface area (TPSA) is 56.8 Å². The van der Waals surface area contributed by atoms with Crippen molar-refractivity contribution >= 4 is 17.5 Å². The fraction of sp³-hybridized carbons (Fsp3) is 0.533. The summed E-state index contributed by atoms with van der Waals surface area (Å²) < 4.78 is 16.6. The summed E-state index contributed by atoms with van der Waals surface area (Å²) in [6.45, 7) is 6.24. The molecule has 5 nitrogen and oxygen atoms in total. The standard InChI is InChI=1S/C15H20ClNO4/c1-10(20-12-6-4-5-11(16)7-12)14(18)17-8-13-9-19-15(2,3)21-13/h4-7,10,13H,8-9H2,1-3H3,(H,17,18). The molecular formula is C15H20ClNO4. The van der Waals surface area contributed by atoms with Gasteiger partial charge in [0.15, 0.2) is 11.9 Å². The molecule has 2 atom stereocenters. The van der Waals surface area contributed by atoms with Crippen molar-refractivity contribution in [1.82, 2.24) is 5.32 Å². The number of carbonyl (C=O) groups excluding carboxylic acids is 1. The third kappa shape index (κ3) is 4.88. The first kappa shape index (κ1) is 16.1. The number of carbonyl (C=O) groups is 1. The van der Waals surface area contributed by atoms with E-state index in [1.54, 1.807) is 31.2 Å². The molecule has 1 N–H and O–H groups in total.